The second-order valence-electron chi connectivity index (χ2n) is 10.9. The van der Waals surface area contributed by atoms with Crippen LogP contribution in [0.1, 0.15) is 55.5 Å². The van der Waals surface area contributed by atoms with E-state index in [0.717, 1.165) is 0 Å². The van der Waals surface area contributed by atoms with E-state index in [-0.39, 0.29) is 40.5 Å². The lowest BCUT2D eigenvalue weighted by atomic mass is 9.77. The number of hydrogen-bond acceptors (Lipinski definition) is 6. The maximum absolute atomic E-state index is 13.5. The van der Waals surface area contributed by atoms with E-state index in [1.165, 1.54) is 11.3 Å². The van der Waals surface area contributed by atoms with E-state index in [1.54, 1.807) is 41.5 Å². The van der Waals surface area contributed by atoms with Gasteiger partial charge < -0.3 is 15.3 Å². The Morgan fingerprint density at radius 3 is 2.64 bits per heavy atom. The van der Waals surface area contributed by atoms with E-state index < -0.39 is 14.2 Å². The lowest BCUT2D eigenvalue weighted by Crippen LogP contribution is -2.66. The number of fused-ring (bicyclic) bond motifs is 1. The molecule has 0 aliphatic carbocycles. The van der Waals surface area contributed by atoms with Gasteiger partial charge in [-0.15, -0.1) is 11.3 Å². The topological polar surface area (TPSA) is 122 Å². The lowest BCUT2D eigenvalue weighted by molar-refractivity contribution is -0.141. The highest BCUT2D eigenvalue weighted by molar-refractivity contribution is 7.19. The van der Waals surface area contributed by atoms with Gasteiger partial charge in [0.1, 0.15) is 11.2 Å². The van der Waals surface area contributed by atoms with Crippen LogP contribution in [-0.4, -0.2) is 57.0 Å². The Kier molecular flexibility index (Phi) is 6.87. The molecular weight excluding hydrogens is 492 g/mol. The Balaban J connectivity index is 1.55. The number of hydrogen-bond donors (Lipinski definition) is 1. The zero-order chi connectivity index (χ0) is 26.4. The number of pyridine rings is 1. The average Bonchev–Trinajstić information content (AvgIpc) is 3.38. The lowest BCUT2D eigenvalue weighted by Gasteiger charge is -2.46. The van der Waals surface area contributed by atoms with Gasteiger partial charge in [0, 0.05) is 24.5 Å². The number of imidazole rings is 1. The first-order valence-corrected chi connectivity index (χ1v) is 15.7. The standard InChI is InChI=1S/C25H32N6O3SSi/c1-14(19-18(23(33)29-19)15(2)34-36(6,7)25(3,4)5)22(32)17-12-31-13-28-21(24(31)35-17)20(30-26)16-9-8-10-27-11-16/h8-15,18-19H,1-7H3,(H,29,33)/t14-,15+,18-,19-/m1/s1. The number of aromatic nitrogens is 3. The van der Waals surface area contributed by atoms with Gasteiger partial charge in [-0.05, 0) is 37.2 Å². The van der Waals surface area contributed by atoms with Gasteiger partial charge >= 0.3 is 5.71 Å². The number of β-lactam (4-membered cyclic amide) rings is 1. The fourth-order valence-electron chi connectivity index (χ4n) is 4.28. The van der Waals surface area contributed by atoms with Crippen molar-refractivity contribution in [2.45, 2.75) is 64.9 Å². The summed E-state index contributed by atoms with van der Waals surface area (Å²) >= 11 is 1.28. The highest BCUT2D eigenvalue weighted by atomic mass is 32.1. The quantitative estimate of drug-likeness (QED) is 0.118. The van der Waals surface area contributed by atoms with Crippen LogP contribution in [0.4, 0.5) is 0 Å². The van der Waals surface area contributed by atoms with Crippen LogP contribution >= 0.6 is 11.3 Å². The Morgan fingerprint density at radius 2 is 2.06 bits per heavy atom. The molecule has 36 heavy (non-hydrogen) atoms. The molecule has 1 saturated heterocycles. The number of Topliss-reactive ketones (excluding diaryl/α,β-unsaturated/α-hetero) is 1. The Labute approximate surface area is 215 Å². The third-order valence-corrected chi connectivity index (χ3v) is 13.2. The van der Waals surface area contributed by atoms with Crippen LogP contribution in [0.3, 0.4) is 0 Å². The van der Waals surface area contributed by atoms with Crippen LogP contribution in [0.2, 0.25) is 18.1 Å². The second-order valence-corrected chi connectivity index (χ2v) is 16.7. The molecule has 0 saturated carbocycles. The molecule has 1 amide bonds. The number of carbonyl (C=O) groups is 2. The molecule has 3 aromatic rings. The summed E-state index contributed by atoms with van der Waals surface area (Å²) in [4.78, 5) is 39.2. The van der Waals surface area contributed by atoms with E-state index >= 15 is 0 Å². The molecule has 190 valence electrons. The zero-order valence-electron chi connectivity index (χ0n) is 21.6. The molecular formula is C25H32N6O3SSi. The van der Waals surface area contributed by atoms with Crippen LogP contribution in [0.25, 0.3) is 10.4 Å². The Bertz CT molecular complexity index is 1350. The van der Waals surface area contributed by atoms with Crippen LogP contribution in [0, 0.1) is 11.8 Å². The van der Waals surface area contributed by atoms with Gasteiger partial charge in [0.05, 0.1) is 28.5 Å². The number of rotatable bonds is 8. The van der Waals surface area contributed by atoms with Gasteiger partial charge in [-0.3, -0.25) is 19.0 Å². The number of ketones is 1. The summed E-state index contributed by atoms with van der Waals surface area (Å²) in [6.45, 7) is 14.6. The van der Waals surface area contributed by atoms with Crippen molar-refractivity contribution < 1.29 is 18.8 Å². The molecule has 0 unspecified atom stereocenters. The molecule has 4 rings (SSSR count). The predicted molar refractivity (Wildman–Crippen MR) is 141 cm³/mol. The molecule has 0 aromatic carbocycles. The van der Waals surface area contributed by atoms with Crippen molar-refractivity contribution in [3.63, 3.8) is 0 Å². The minimum atomic E-state index is -2.07. The summed E-state index contributed by atoms with van der Waals surface area (Å²) in [6.07, 6.45) is 6.27. The molecule has 4 atom stereocenters. The van der Waals surface area contributed by atoms with Gasteiger partial charge in [-0.2, -0.15) is 4.79 Å². The number of amides is 1. The zero-order valence-corrected chi connectivity index (χ0v) is 23.5. The first-order chi connectivity index (χ1) is 16.9. The fourth-order valence-corrected chi connectivity index (χ4v) is 6.82. The predicted octanol–water partition coefficient (Wildman–Crippen LogP) is 4.20. The fraction of sp³-hybridized carbons (Fsp3) is 0.480. The van der Waals surface area contributed by atoms with Crippen molar-refractivity contribution >= 4 is 41.9 Å². The van der Waals surface area contributed by atoms with Crippen molar-refractivity contribution in [1.82, 2.24) is 19.7 Å². The van der Waals surface area contributed by atoms with Crippen molar-refractivity contribution in [1.29, 1.82) is 0 Å². The van der Waals surface area contributed by atoms with E-state index in [4.69, 9.17) is 4.43 Å². The highest BCUT2D eigenvalue weighted by Crippen LogP contribution is 2.40. The normalized spacial score (nSPS) is 19.8. The monoisotopic (exact) mass is 524 g/mol. The molecule has 4 heterocycles. The van der Waals surface area contributed by atoms with Crippen LogP contribution in [-0.2, 0) is 9.22 Å². The van der Waals surface area contributed by atoms with Crippen LogP contribution < -0.4 is 5.32 Å². The van der Waals surface area contributed by atoms with Gasteiger partial charge in [0.2, 0.25) is 5.91 Å². The number of nitrogens with one attached hydrogen (secondary N) is 1. The van der Waals surface area contributed by atoms with Gasteiger partial charge in [-0.1, -0.05) is 27.7 Å². The van der Waals surface area contributed by atoms with Gasteiger partial charge in [0.25, 0.3) is 0 Å². The Hall–Kier alpha value is -2.98. The molecule has 1 N–H and O–H groups in total. The molecule has 0 bridgehead atoms. The molecule has 3 aromatic heterocycles. The molecule has 11 heteroatoms. The summed E-state index contributed by atoms with van der Waals surface area (Å²) in [5, 5.41) is 2.96. The number of thiazole rings is 1. The van der Waals surface area contributed by atoms with E-state index in [0.29, 0.717) is 21.0 Å². The molecule has 9 nitrogen and oxygen atoms in total. The number of carbonyl (C=O) groups excluding carboxylic acids is 2. The Morgan fingerprint density at radius 1 is 1.33 bits per heavy atom. The van der Waals surface area contributed by atoms with E-state index in [2.05, 4.69) is 53.9 Å². The third-order valence-electron chi connectivity index (χ3n) is 7.46. The smallest absolute Gasteiger partial charge is 0.352 e. The van der Waals surface area contributed by atoms with Gasteiger partial charge in [0.15, 0.2) is 19.8 Å². The second kappa shape index (κ2) is 9.47. The summed E-state index contributed by atoms with van der Waals surface area (Å²) in [5.74, 6) is -0.938. The average molecular weight is 525 g/mol. The van der Waals surface area contributed by atoms with Crippen LogP contribution in [0.15, 0.2) is 37.1 Å². The van der Waals surface area contributed by atoms with Crippen molar-refractivity contribution in [3.05, 3.63) is 58.7 Å². The van der Waals surface area contributed by atoms with E-state index in [1.807, 2.05) is 13.8 Å². The van der Waals surface area contributed by atoms with E-state index in [9.17, 15) is 15.1 Å². The SMILES string of the molecule is C[C@H](O[Si](C)(C)C(C)(C)C)[C@H]1C(=O)N[C@@H]1[C@@H](C)C(=O)c1cn2cnc(C(=[N+]=[N-])c3cccnc3)c2s1. The summed E-state index contributed by atoms with van der Waals surface area (Å²) in [5.41, 5.74) is 11.0. The molecule has 0 radical (unpaired) electrons. The third kappa shape index (κ3) is 4.59. The van der Waals surface area contributed by atoms with Gasteiger partial charge in [-0.25, -0.2) is 4.98 Å². The van der Waals surface area contributed by atoms with Crippen LogP contribution in [0.5, 0.6) is 0 Å². The first kappa shape index (κ1) is 26.1. The minimum absolute atomic E-state index is 0.0233. The van der Waals surface area contributed by atoms with Crippen molar-refractivity contribution in [2.24, 2.45) is 11.8 Å². The number of nitrogens with zero attached hydrogens (tertiary/aromatic N) is 5. The maximum atomic E-state index is 13.5. The molecule has 1 fully saturated rings. The summed E-state index contributed by atoms with van der Waals surface area (Å²) in [6, 6.07) is 3.23. The van der Waals surface area contributed by atoms with Crippen molar-refractivity contribution in [3.8, 4) is 0 Å². The highest BCUT2D eigenvalue weighted by Gasteiger charge is 2.50. The maximum Gasteiger partial charge on any atom is 0.352 e. The molecule has 1 aliphatic rings. The van der Waals surface area contributed by atoms with Crippen molar-refractivity contribution in [2.75, 3.05) is 0 Å². The first-order valence-electron chi connectivity index (χ1n) is 12.0. The molecule has 1 aliphatic heterocycles. The minimum Gasteiger partial charge on any atom is -0.413 e. The summed E-state index contributed by atoms with van der Waals surface area (Å²) in [7, 11) is -2.07. The summed E-state index contributed by atoms with van der Waals surface area (Å²) < 4.78 is 8.24. The largest absolute Gasteiger partial charge is 0.413 e. The molecule has 0 spiro atoms.